The molecular formula is C24H33N3O3. The van der Waals surface area contributed by atoms with Gasteiger partial charge in [0.15, 0.2) is 0 Å². The van der Waals surface area contributed by atoms with Gasteiger partial charge in [-0.3, -0.25) is 14.6 Å². The Labute approximate surface area is 179 Å². The minimum Gasteiger partial charge on any atom is -0.466 e. The van der Waals surface area contributed by atoms with E-state index >= 15 is 0 Å². The number of ether oxygens (including phenoxy) is 2. The van der Waals surface area contributed by atoms with Crippen molar-refractivity contribution in [3.63, 3.8) is 0 Å². The normalized spacial score (nSPS) is 30.3. The molecule has 0 amide bonds. The fraction of sp³-hybridized carbons (Fsp3) is 0.667. The van der Waals surface area contributed by atoms with Crippen LogP contribution in [0.2, 0.25) is 0 Å². The molecule has 0 radical (unpaired) electrons. The molecule has 1 aliphatic carbocycles. The maximum Gasteiger partial charge on any atom is 0.313 e. The minimum atomic E-state index is -0.418. The van der Waals surface area contributed by atoms with Gasteiger partial charge in [-0.2, -0.15) is 5.26 Å². The number of benzene rings is 1. The molecule has 0 aromatic heterocycles. The van der Waals surface area contributed by atoms with Crippen molar-refractivity contribution in [2.75, 3.05) is 46.0 Å². The van der Waals surface area contributed by atoms with Gasteiger partial charge < -0.3 is 9.47 Å². The molecule has 30 heavy (non-hydrogen) atoms. The highest BCUT2D eigenvalue weighted by molar-refractivity contribution is 5.78. The van der Waals surface area contributed by atoms with Crippen LogP contribution in [0.15, 0.2) is 24.3 Å². The van der Waals surface area contributed by atoms with Crippen molar-refractivity contribution in [1.82, 2.24) is 9.80 Å². The second kappa shape index (κ2) is 9.47. The van der Waals surface area contributed by atoms with Crippen LogP contribution >= 0.6 is 0 Å². The number of rotatable bonds is 5. The van der Waals surface area contributed by atoms with Gasteiger partial charge in [0.1, 0.15) is 0 Å². The van der Waals surface area contributed by atoms with Crippen LogP contribution in [0.25, 0.3) is 0 Å². The third-order valence-electron chi connectivity index (χ3n) is 7.34. The van der Waals surface area contributed by atoms with E-state index in [1.165, 1.54) is 0 Å². The van der Waals surface area contributed by atoms with E-state index < -0.39 is 5.41 Å². The zero-order valence-electron chi connectivity index (χ0n) is 18.0. The lowest BCUT2D eigenvalue weighted by Crippen LogP contribution is -2.58. The number of carbonyl (C=O) groups is 1. The number of nitrogens with zero attached hydrogens (tertiary/aromatic N) is 3. The number of likely N-dealkylation sites (tertiary alicyclic amines) is 1. The number of hydrogen-bond donors (Lipinski definition) is 0. The van der Waals surface area contributed by atoms with Crippen LogP contribution in [0, 0.1) is 22.7 Å². The lowest BCUT2D eigenvalue weighted by Gasteiger charge is -2.52. The number of hydrogen-bond acceptors (Lipinski definition) is 6. The lowest BCUT2D eigenvalue weighted by molar-refractivity contribution is -0.170. The second-order valence-corrected chi connectivity index (χ2v) is 8.92. The van der Waals surface area contributed by atoms with Crippen LogP contribution < -0.4 is 0 Å². The maximum absolute atomic E-state index is 13.2. The molecule has 4 rings (SSSR count). The van der Waals surface area contributed by atoms with Crippen LogP contribution in [0.5, 0.6) is 0 Å². The standard InChI is InChI=1S/C24H33N3O3/c1-2-30-23(28)24-9-7-22(27-11-13-29-14-12-27)15-21(24)8-10-26(18-24)17-20-6-4-3-5-19(20)16-25/h3-6,21-22H,2,7-15,17-18H2,1H3/t21-,22+,24-/m1/s1. The number of nitriles is 1. The van der Waals surface area contributed by atoms with E-state index in [0.29, 0.717) is 25.1 Å². The molecule has 2 aliphatic heterocycles. The molecule has 2 heterocycles. The molecule has 0 bridgehead atoms. The summed E-state index contributed by atoms with van der Waals surface area (Å²) in [7, 11) is 0. The summed E-state index contributed by atoms with van der Waals surface area (Å²) in [6, 6.07) is 10.6. The molecule has 0 unspecified atom stereocenters. The largest absolute Gasteiger partial charge is 0.466 e. The highest BCUT2D eigenvalue weighted by Gasteiger charge is 2.53. The summed E-state index contributed by atoms with van der Waals surface area (Å²) in [5, 5.41) is 9.44. The van der Waals surface area contributed by atoms with Gasteiger partial charge in [-0.15, -0.1) is 0 Å². The average Bonchev–Trinajstić information content (AvgIpc) is 2.79. The van der Waals surface area contributed by atoms with E-state index in [2.05, 4.69) is 15.9 Å². The summed E-state index contributed by atoms with van der Waals surface area (Å²) in [5.41, 5.74) is 1.35. The first-order chi connectivity index (χ1) is 14.7. The number of fused-ring (bicyclic) bond motifs is 1. The summed E-state index contributed by atoms with van der Waals surface area (Å²) < 4.78 is 11.1. The molecule has 3 fully saturated rings. The smallest absolute Gasteiger partial charge is 0.313 e. The van der Waals surface area contributed by atoms with Crippen molar-refractivity contribution in [1.29, 1.82) is 5.26 Å². The van der Waals surface area contributed by atoms with Gasteiger partial charge in [0.05, 0.1) is 36.9 Å². The van der Waals surface area contributed by atoms with Gasteiger partial charge in [0, 0.05) is 32.2 Å². The average molecular weight is 412 g/mol. The van der Waals surface area contributed by atoms with Crippen LogP contribution in [-0.4, -0.2) is 67.8 Å². The van der Waals surface area contributed by atoms with Crippen molar-refractivity contribution in [3.05, 3.63) is 35.4 Å². The lowest BCUT2D eigenvalue weighted by atomic mass is 9.61. The third kappa shape index (κ3) is 4.25. The number of piperidine rings is 1. The molecule has 3 aliphatic rings. The molecule has 6 heteroatoms. The highest BCUT2D eigenvalue weighted by atomic mass is 16.5. The van der Waals surface area contributed by atoms with E-state index in [-0.39, 0.29) is 5.97 Å². The van der Waals surface area contributed by atoms with Gasteiger partial charge in [0.2, 0.25) is 0 Å². The minimum absolute atomic E-state index is 0.0197. The maximum atomic E-state index is 13.2. The highest BCUT2D eigenvalue weighted by Crippen LogP contribution is 2.48. The predicted octanol–water partition coefficient (Wildman–Crippen LogP) is 2.81. The van der Waals surface area contributed by atoms with Gasteiger partial charge in [0.25, 0.3) is 0 Å². The molecule has 1 saturated carbocycles. The first-order valence-electron chi connectivity index (χ1n) is 11.4. The van der Waals surface area contributed by atoms with Crippen LogP contribution in [0.1, 0.15) is 43.7 Å². The van der Waals surface area contributed by atoms with E-state index in [1.54, 1.807) is 0 Å². The molecule has 0 spiro atoms. The van der Waals surface area contributed by atoms with Crippen molar-refractivity contribution in [2.24, 2.45) is 11.3 Å². The van der Waals surface area contributed by atoms with Crippen LogP contribution in [-0.2, 0) is 20.8 Å². The van der Waals surface area contributed by atoms with Gasteiger partial charge in [-0.25, -0.2) is 0 Å². The third-order valence-corrected chi connectivity index (χ3v) is 7.34. The van der Waals surface area contributed by atoms with Crippen molar-refractivity contribution >= 4 is 5.97 Å². The Morgan fingerprint density at radius 3 is 2.83 bits per heavy atom. The molecule has 1 aromatic carbocycles. The summed E-state index contributed by atoms with van der Waals surface area (Å²) >= 11 is 0. The SMILES string of the molecule is CCOC(=O)[C@@]12CC[C@H](N3CCOCC3)C[C@H]1CCN(Cc1ccccc1C#N)C2. The zero-order chi connectivity index (χ0) is 21.0. The molecule has 0 N–H and O–H groups in total. The predicted molar refractivity (Wildman–Crippen MR) is 114 cm³/mol. The van der Waals surface area contributed by atoms with Crippen molar-refractivity contribution in [2.45, 2.75) is 45.2 Å². The Morgan fingerprint density at radius 2 is 2.07 bits per heavy atom. The molecule has 6 nitrogen and oxygen atoms in total. The van der Waals surface area contributed by atoms with Gasteiger partial charge >= 0.3 is 5.97 Å². The summed E-state index contributed by atoms with van der Waals surface area (Å²) in [6.07, 6.45) is 4.00. The first-order valence-corrected chi connectivity index (χ1v) is 11.4. The zero-order valence-corrected chi connectivity index (χ0v) is 18.0. The second-order valence-electron chi connectivity index (χ2n) is 8.92. The Bertz CT molecular complexity index is 786. The number of morpholine rings is 1. The number of carbonyl (C=O) groups excluding carboxylic acids is 1. The van der Waals surface area contributed by atoms with E-state index in [4.69, 9.17) is 9.47 Å². The van der Waals surface area contributed by atoms with E-state index in [1.807, 2.05) is 31.2 Å². The monoisotopic (exact) mass is 411 g/mol. The molecule has 2 saturated heterocycles. The van der Waals surface area contributed by atoms with Crippen molar-refractivity contribution < 1.29 is 14.3 Å². The fourth-order valence-electron chi connectivity index (χ4n) is 5.74. The first kappa shape index (κ1) is 21.3. The molecular weight excluding hydrogens is 378 g/mol. The molecule has 162 valence electrons. The Hall–Kier alpha value is -1.94. The van der Waals surface area contributed by atoms with Gasteiger partial charge in [-0.05, 0) is 56.7 Å². The van der Waals surface area contributed by atoms with Gasteiger partial charge in [-0.1, -0.05) is 18.2 Å². The Kier molecular flexibility index (Phi) is 6.72. The molecule has 3 atom stereocenters. The quantitative estimate of drug-likeness (QED) is 0.694. The summed E-state index contributed by atoms with van der Waals surface area (Å²) in [4.78, 5) is 18.1. The topological polar surface area (TPSA) is 65.8 Å². The fourth-order valence-corrected chi connectivity index (χ4v) is 5.74. The van der Waals surface area contributed by atoms with Crippen molar-refractivity contribution in [3.8, 4) is 6.07 Å². The van der Waals surface area contributed by atoms with Crippen LogP contribution in [0.3, 0.4) is 0 Å². The Balaban J connectivity index is 1.51. The summed E-state index contributed by atoms with van der Waals surface area (Å²) in [6.45, 7) is 8.36. The Morgan fingerprint density at radius 1 is 1.27 bits per heavy atom. The van der Waals surface area contributed by atoms with Crippen LogP contribution in [0.4, 0.5) is 0 Å². The molecule has 1 aromatic rings. The number of esters is 1. The van der Waals surface area contributed by atoms with E-state index in [9.17, 15) is 10.1 Å². The summed E-state index contributed by atoms with van der Waals surface area (Å²) in [5.74, 6) is 0.342. The van der Waals surface area contributed by atoms with E-state index in [0.717, 1.165) is 76.2 Å².